The number of nitrogens with zero attached hydrogens (tertiary/aromatic N) is 2. The van der Waals surface area contributed by atoms with Crippen LogP contribution in [0, 0.1) is 11.8 Å². The molecule has 0 bridgehead atoms. The Morgan fingerprint density at radius 2 is 0.684 bits per heavy atom. The third kappa shape index (κ3) is 10.3. The van der Waals surface area contributed by atoms with Crippen LogP contribution in [-0.2, 0) is 32.2 Å². The van der Waals surface area contributed by atoms with Gasteiger partial charge in [0.05, 0.1) is 26.1 Å². The summed E-state index contributed by atoms with van der Waals surface area (Å²) in [5.74, 6) is -2.30. The van der Waals surface area contributed by atoms with E-state index in [1.165, 1.54) is 14.2 Å². The van der Waals surface area contributed by atoms with Gasteiger partial charge in [-0.1, -0.05) is 182 Å². The Hall–Kier alpha value is -5.82. The predicted octanol–water partition coefficient (Wildman–Crippen LogP) is 11.0. The van der Waals surface area contributed by atoms with Gasteiger partial charge < -0.3 is 9.47 Å². The van der Waals surface area contributed by atoms with Crippen LogP contribution in [0.2, 0.25) is 0 Å². The van der Waals surface area contributed by atoms with Gasteiger partial charge in [0.15, 0.2) is 0 Å². The maximum atomic E-state index is 14.6. The first-order valence-corrected chi connectivity index (χ1v) is 19.8. The second-order valence-electron chi connectivity index (χ2n) is 14.7. The van der Waals surface area contributed by atoms with E-state index in [1.807, 2.05) is 84.9 Å². The van der Waals surface area contributed by atoms with Crippen LogP contribution in [0.1, 0.15) is 77.8 Å². The fourth-order valence-corrected chi connectivity index (χ4v) is 8.28. The number of benzene rings is 6. The summed E-state index contributed by atoms with van der Waals surface area (Å²) in [5, 5.41) is 0. The zero-order chi connectivity index (χ0) is 40.0. The molecule has 57 heavy (non-hydrogen) atoms. The molecule has 6 aromatic carbocycles. The van der Waals surface area contributed by atoms with Crippen molar-refractivity contribution in [1.82, 2.24) is 9.80 Å². The maximum absolute atomic E-state index is 14.6. The Morgan fingerprint density at radius 3 is 0.965 bits per heavy atom. The molecule has 6 aromatic rings. The molecule has 0 saturated heterocycles. The molecule has 0 aliphatic heterocycles. The standard InChI is InChI=1S/C51H54N2O4/c1-38(42-27-15-7-16-28-42)52(36-40-23-11-5-12-24-40)48(44-31-19-9-20-32-44)46(50(54)56-3)35-47(51(55)57-4)49(45-33-21-10-22-34-45)53(37-41-25-13-6-14-26-41)39(2)43-29-17-8-18-30-43/h5-34,38-39,46-49H,35-37H2,1-4H3/t38-,39-,46-,47-,48-,49-/m0/s1. The fraction of sp³-hybridized carbons (Fsp3) is 0.255. The molecule has 0 radical (unpaired) electrons. The molecule has 6 rings (SSSR count). The molecule has 6 nitrogen and oxygen atoms in total. The molecule has 0 saturated carbocycles. The number of rotatable bonds is 18. The zero-order valence-electron chi connectivity index (χ0n) is 33.4. The smallest absolute Gasteiger partial charge is 0.310 e. The number of ether oxygens (including phenoxy) is 2. The van der Waals surface area contributed by atoms with Crippen LogP contribution in [-0.4, -0.2) is 36.0 Å². The van der Waals surface area contributed by atoms with Gasteiger partial charge >= 0.3 is 11.9 Å². The van der Waals surface area contributed by atoms with Crippen LogP contribution in [0.3, 0.4) is 0 Å². The molecule has 0 aromatic heterocycles. The van der Waals surface area contributed by atoms with Crippen LogP contribution in [0.15, 0.2) is 182 Å². The van der Waals surface area contributed by atoms with Crippen LogP contribution in [0.5, 0.6) is 0 Å². The minimum atomic E-state index is -0.770. The number of carbonyl (C=O) groups is 2. The van der Waals surface area contributed by atoms with Gasteiger partial charge in [0, 0.05) is 37.3 Å². The zero-order valence-corrected chi connectivity index (χ0v) is 33.4. The van der Waals surface area contributed by atoms with Crippen molar-refractivity contribution in [2.24, 2.45) is 11.8 Å². The van der Waals surface area contributed by atoms with Gasteiger partial charge in [-0.25, -0.2) is 0 Å². The number of hydrogen-bond donors (Lipinski definition) is 0. The third-order valence-corrected chi connectivity index (χ3v) is 11.2. The highest BCUT2D eigenvalue weighted by atomic mass is 16.5. The Morgan fingerprint density at radius 1 is 0.421 bits per heavy atom. The molecule has 0 fully saturated rings. The van der Waals surface area contributed by atoms with Gasteiger partial charge in [0.1, 0.15) is 0 Å². The molecule has 0 spiro atoms. The van der Waals surface area contributed by atoms with Gasteiger partial charge in [-0.05, 0) is 53.6 Å². The summed E-state index contributed by atoms with van der Waals surface area (Å²) in [5.41, 5.74) is 6.39. The quantitative estimate of drug-likeness (QED) is 0.0814. The number of methoxy groups -OCH3 is 2. The molecule has 0 amide bonds. The van der Waals surface area contributed by atoms with E-state index in [0.717, 1.165) is 33.4 Å². The molecule has 0 N–H and O–H groups in total. The minimum Gasteiger partial charge on any atom is -0.469 e. The summed E-state index contributed by atoms with van der Waals surface area (Å²) >= 11 is 0. The largest absolute Gasteiger partial charge is 0.469 e. The highest BCUT2D eigenvalue weighted by Gasteiger charge is 2.45. The first-order valence-electron chi connectivity index (χ1n) is 19.8. The van der Waals surface area contributed by atoms with Crippen molar-refractivity contribution in [1.29, 1.82) is 0 Å². The van der Waals surface area contributed by atoms with Crippen molar-refractivity contribution < 1.29 is 19.1 Å². The third-order valence-electron chi connectivity index (χ3n) is 11.2. The van der Waals surface area contributed by atoms with Gasteiger partial charge in [-0.3, -0.25) is 19.4 Å². The Balaban J connectivity index is 1.54. The van der Waals surface area contributed by atoms with E-state index in [2.05, 4.69) is 121 Å². The van der Waals surface area contributed by atoms with Gasteiger partial charge in [0.2, 0.25) is 0 Å². The highest BCUT2D eigenvalue weighted by Crippen LogP contribution is 2.45. The summed E-state index contributed by atoms with van der Waals surface area (Å²) in [6.07, 6.45) is 0.165. The average molecular weight is 759 g/mol. The normalized spacial score (nSPS) is 14.6. The van der Waals surface area contributed by atoms with Crippen molar-refractivity contribution in [3.63, 3.8) is 0 Å². The van der Waals surface area contributed by atoms with E-state index in [1.54, 1.807) is 0 Å². The van der Waals surface area contributed by atoms with E-state index in [0.29, 0.717) is 13.1 Å². The van der Waals surface area contributed by atoms with Crippen molar-refractivity contribution in [2.45, 2.75) is 57.5 Å². The second-order valence-corrected chi connectivity index (χ2v) is 14.7. The molecule has 292 valence electrons. The van der Waals surface area contributed by atoms with Crippen molar-refractivity contribution in [2.75, 3.05) is 14.2 Å². The molecule has 6 atom stereocenters. The van der Waals surface area contributed by atoms with E-state index < -0.39 is 23.9 Å². The lowest BCUT2D eigenvalue weighted by Crippen LogP contribution is -2.44. The van der Waals surface area contributed by atoms with E-state index in [4.69, 9.17) is 9.47 Å². The maximum Gasteiger partial charge on any atom is 0.310 e. The van der Waals surface area contributed by atoms with Gasteiger partial charge in [-0.15, -0.1) is 0 Å². The molecule has 0 aliphatic rings. The van der Waals surface area contributed by atoms with E-state index in [9.17, 15) is 9.59 Å². The monoisotopic (exact) mass is 758 g/mol. The van der Waals surface area contributed by atoms with Gasteiger partial charge in [0.25, 0.3) is 0 Å². The van der Waals surface area contributed by atoms with Crippen LogP contribution in [0.25, 0.3) is 0 Å². The number of esters is 2. The molecular weight excluding hydrogens is 705 g/mol. The molecular formula is C51H54N2O4. The van der Waals surface area contributed by atoms with Crippen LogP contribution < -0.4 is 0 Å². The first-order chi connectivity index (χ1) is 27.9. The van der Waals surface area contributed by atoms with Gasteiger partial charge in [-0.2, -0.15) is 0 Å². The Kier molecular flexibility index (Phi) is 14.6. The fourth-order valence-electron chi connectivity index (χ4n) is 8.28. The number of hydrogen-bond acceptors (Lipinski definition) is 6. The van der Waals surface area contributed by atoms with E-state index in [-0.39, 0.29) is 30.4 Å². The highest BCUT2D eigenvalue weighted by molar-refractivity contribution is 5.77. The topological polar surface area (TPSA) is 59.1 Å². The average Bonchev–Trinajstić information content (AvgIpc) is 3.28. The van der Waals surface area contributed by atoms with Crippen molar-refractivity contribution in [3.05, 3.63) is 215 Å². The summed E-state index contributed by atoms with van der Waals surface area (Å²) in [6.45, 7) is 5.49. The van der Waals surface area contributed by atoms with Crippen molar-refractivity contribution >= 4 is 11.9 Å². The SMILES string of the molecule is COC(=O)[C@@H](C[C@H](C(=O)OC)[C@H](c1ccccc1)N(Cc1ccccc1)[C@@H](C)c1ccccc1)[C@H](c1ccccc1)N(Cc1ccccc1)[C@@H](C)c1ccccc1. The second kappa shape index (κ2) is 20.4. The number of carbonyl (C=O) groups excluding carboxylic acids is 2. The summed E-state index contributed by atoms with van der Waals surface area (Å²) in [6, 6.07) is 60.6. The lowest BCUT2D eigenvalue weighted by molar-refractivity contribution is -0.155. The van der Waals surface area contributed by atoms with Crippen LogP contribution >= 0.6 is 0 Å². The predicted molar refractivity (Wildman–Crippen MR) is 228 cm³/mol. The molecule has 0 unspecified atom stereocenters. The lowest BCUT2D eigenvalue weighted by atomic mass is 9.78. The lowest BCUT2D eigenvalue weighted by Gasteiger charge is -2.44. The van der Waals surface area contributed by atoms with Crippen LogP contribution in [0.4, 0.5) is 0 Å². The Labute approximate surface area is 338 Å². The molecule has 6 heteroatoms. The first kappa shape index (κ1) is 40.8. The molecule has 0 heterocycles. The summed E-state index contributed by atoms with van der Waals surface area (Å²) in [4.78, 5) is 34.1. The minimum absolute atomic E-state index is 0.113. The summed E-state index contributed by atoms with van der Waals surface area (Å²) < 4.78 is 11.5. The summed E-state index contributed by atoms with van der Waals surface area (Å²) in [7, 11) is 2.89. The Bertz CT molecular complexity index is 1930. The molecule has 0 aliphatic carbocycles. The van der Waals surface area contributed by atoms with Crippen molar-refractivity contribution in [3.8, 4) is 0 Å². The van der Waals surface area contributed by atoms with E-state index >= 15 is 0 Å².